The number of nitrogens with one attached hydrogen (secondary N) is 1. The SMILES string of the molecule is CCCCNC(=O)[C@@H](C)N(CCc1ccccc1)C(=O)CN(c1ccc(OCC)cc1)S(=O)(=O)c1ccc(F)cc1. The Morgan fingerprint density at radius 1 is 0.951 bits per heavy atom. The quantitative estimate of drug-likeness (QED) is 0.260. The number of halogens is 1. The van der Waals surface area contributed by atoms with E-state index in [1.807, 2.05) is 44.2 Å². The maximum Gasteiger partial charge on any atom is 0.264 e. The molecule has 0 unspecified atom stereocenters. The first-order valence-electron chi connectivity index (χ1n) is 13.8. The molecule has 0 saturated heterocycles. The van der Waals surface area contributed by atoms with Crippen LogP contribution < -0.4 is 14.4 Å². The van der Waals surface area contributed by atoms with Crippen LogP contribution in [0.1, 0.15) is 39.2 Å². The minimum atomic E-state index is -4.28. The van der Waals surface area contributed by atoms with E-state index in [-0.39, 0.29) is 23.0 Å². The summed E-state index contributed by atoms with van der Waals surface area (Å²) < 4.78 is 47.7. The molecule has 41 heavy (non-hydrogen) atoms. The molecule has 0 fully saturated rings. The highest BCUT2D eigenvalue weighted by atomic mass is 32.2. The number of sulfonamides is 1. The third kappa shape index (κ3) is 8.78. The molecule has 0 saturated carbocycles. The van der Waals surface area contributed by atoms with Crippen LogP contribution in [-0.4, -0.2) is 57.4 Å². The number of carbonyl (C=O) groups excluding carboxylic acids is 2. The smallest absolute Gasteiger partial charge is 0.264 e. The van der Waals surface area contributed by atoms with Crippen LogP contribution in [0.2, 0.25) is 0 Å². The number of amides is 2. The summed E-state index contributed by atoms with van der Waals surface area (Å²) in [5, 5.41) is 2.87. The van der Waals surface area contributed by atoms with Gasteiger partial charge in [-0.05, 0) is 80.8 Å². The second kappa shape index (κ2) is 15.2. The van der Waals surface area contributed by atoms with Gasteiger partial charge in [-0.1, -0.05) is 43.7 Å². The normalized spacial score (nSPS) is 11.9. The summed E-state index contributed by atoms with van der Waals surface area (Å²) in [4.78, 5) is 28.1. The lowest BCUT2D eigenvalue weighted by molar-refractivity contribution is -0.138. The van der Waals surface area contributed by atoms with E-state index in [1.54, 1.807) is 31.2 Å². The maximum absolute atomic E-state index is 13.9. The van der Waals surface area contributed by atoms with Crippen molar-refractivity contribution in [1.82, 2.24) is 10.2 Å². The van der Waals surface area contributed by atoms with Crippen molar-refractivity contribution in [3.05, 3.63) is 90.2 Å². The topological polar surface area (TPSA) is 96.0 Å². The Balaban J connectivity index is 1.95. The van der Waals surface area contributed by atoms with Gasteiger partial charge in [0.2, 0.25) is 11.8 Å². The third-order valence-corrected chi connectivity index (χ3v) is 8.39. The van der Waals surface area contributed by atoms with E-state index in [4.69, 9.17) is 4.74 Å². The lowest BCUT2D eigenvalue weighted by Crippen LogP contribution is -2.52. The average molecular weight is 584 g/mol. The molecule has 3 rings (SSSR count). The van der Waals surface area contributed by atoms with Crippen molar-refractivity contribution in [2.45, 2.75) is 51.0 Å². The van der Waals surface area contributed by atoms with E-state index in [0.29, 0.717) is 25.3 Å². The summed E-state index contributed by atoms with van der Waals surface area (Å²) in [6.45, 7) is 6.05. The van der Waals surface area contributed by atoms with Crippen LogP contribution in [0.15, 0.2) is 83.8 Å². The first-order chi connectivity index (χ1) is 19.7. The molecular weight excluding hydrogens is 545 g/mol. The van der Waals surface area contributed by atoms with Crippen LogP contribution in [0.3, 0.4) is 0 Å². The van der Waals surface area contributed by atoms with Crippen molar-refractivity contribution in [1.29, 1.82) is 0 Å². The van der Waals surface area contributed by atoms with Gasteiger partial charge in [-0.25, -0.2) is 12.8 Å². The van der Waals surface area contributed by atoms with Crippen molar-refractivity contribution in [3.63, 3.8) is 0 Å². The predicted octanol–water partition coefficient (Wildman–Crippen LogP) is 4.80. The molecule has 0 aliphatic rings. The maximum atomic E-state index is 13.9. The van der Waals surface area contributed by atoms with E-state index in [1.165, 1.54) is 4.90 Å². The zero-order chi connectivity index (χ0) is 29.8. The van der Waals surface area contributed by atoms with E-state index in [9.17, 15) is 22.4 Å². The molecule has 0 spiro atoms. The molecule has 3 aromatic carbocycles. The predicted molar refractivity (Wildman–Crippen MR) is 158 cm³/mol. The van der Waals surface area contributed by atoms with Gasteiger partial charge in [0.25, 0.3) is 10.0 Å². The Labute approximate surface area is 242 Å². The Hall–Kier alpha value is -3.92. The highest BCUT2D eigenvalue weighted by molar-refractivity contribution is 7.92. The molecule has 0 bridgehead atoms. The standard InChI is InChI=1S/C31H38FN3O5S/c1-4-6-21-33-31(37)24(3)34(22-20-25-10-8-7-9-11-25)30(36)23-35(27-14-16-28(17-15-27)40-5-2)41(38,39)29-18-12-26(32)13-19-29/h7-19,24H,4-6,20-23H2,1-3H3,(H,33,37)/t24-/m1/s1. The molecule has 0 heterocycles. The fourth-order valence-electron chi connectivity index (χ4n) is 4.24. The van der Waals surface area contributed by atoms with Crippen molar-refractivity contribution in [3.8, 4) is 5.75 Å². The molecular formula is C31H38FN3O5S. The number of anilines is 1. The highest BCUT2D eigenvalue weighted by Gasteiger charge is 2.32. The van der Waals surface area contributed by atoms with Gasteiger partial charge in [-0.3, -0.25) is 13.9 Å². The fourth-order valence-corrected chi connectivity index (χ4v) is 5.66. The van der Waals surface area contributed by atoms with Gasteiger partial charge in [0.15, 0.2) is 0 Å². The molecule has 2 amide bonds. The lowest BCUT2D eigenvalue weighted by atomic mass is 10.1. The summed E-state index contributed by atoms with van der Waals surface area (Å²) in [5.41, 5.74) is 1.21. The van der Waals surface area contributed by atoms with Gasteiger partial charge in [-0.2, -0.15) is 0 Å². The van der Waals surface area contributed by atoms with Gasteiger partial charge in [0, 0.05) is 13.1 Å². The Morgan fingerprint density at radius 3 is 2.22 bits per heavy atom. The van der Waals surface area contributed by atoms with Gasteiger partial charge in [0.05, 0.1) is 17.2 Å². The molecule has 1 atom stereocenters. The molecule has 10 heteroatoms. The molecule has 0 aliphatic heterocycles. The van der Waals surface area contributed by atoms with Crippen molar-refractivity contribution >= 4 is 27.5 Å². The monoisotopic (exact) mass is 583 g/mol. The Bertz CT molecular complexity index is 1370. The number of rotatable bonds is 15. The van der Waals surface area contributed by atoms with Gasteiger partial charge in [-0.15, -0.1) is 0 Å². The summed E-state index contributed by atoms with van der Waals surface area (Å²) in [6, 6.07) is 19.5. The first kappa shape index (κ1) is 31.6. The second-order valence-electron chi connectivity index (χ2n) is 9.54. The minimum Gasteiger partial charge on any atom is -0.494 e. The average Bonchev–Trinajstić information content (AvgIpc) is 2.97. The fraction of sp³-hybridized carbons (Fsp3) is 0.355. The van der Waals surface area contributed by atoms with Crippen molar-refractivity contribution < 1.29 is 27.1 Å². The van der Waals surface area contributed by atoms with Gasteiger partial charge >= 0.3 is 0 Å². The summed E-state index contributed by atoms with van der Waals surface area (Å²) in [5.74, 6) is -0.890. The number of hydrogen-bond donors (Lipinski definition) is 1. The number of benzene rings is 3. The molecule has 1 N–H and O–H groups in total. The van der Waals surface area contributed by atoms with Gasteiger partial charge < -0.3 is 15.0 Å². The second-order valence-corrected chi connectivity index (χ2v) is 11.4. The van der Waals surface area contributed by atoms with Gasteiger partial charge in [0.1, 0.15) is 24.2 Å². The summed E-state index contributed by atoms with van der Waals surface area (Å²) >= 11 is 0. The van der Waals surface area contributed by atoms with Crippen LogP contribution in [0, 0.1) is 5.82 Å². The number of nitrogens with zero attached hydrogens (tertiary/aromatic N) is 2. The zero-order valence-corrected chi connectivity index (χ0v) is 24.6. The number of hydrogen-bond acceptors (Lipinski definition) is 5. The highest BCUT2D eigenvalue weighted by Crippen LogP contribution is 2.26. The summed E-state index contributed by atoms with van der Waals surface area (Å²) in [7, 11) is -4.28. The van der Waals surface area contributed by atoms with Crippen LogP contribution in [0.5, 0.6) is 5.75 Å². The number of carbonyl (C=O) groups is 2. The molecule has 0 radical (unpaired) electrons. The molecule has 0 aliphatic carbocycles. The number of unbranched alkanes of at least 4 members (excludes halogenated alkanes) is 1. The zero-order valence-electron chi connectivity index (χ0n) is 23.8. The van der Waals surface area contributed by atoms with Crippen LogP contribution in [-0.2, 0) is 26.0 Å². The lowest BCUT2D eigenvalue weighted by Gasteiger charge is -2.32. The molecule has 220 valence electrons. The summed E-state index contributed by atoms with van der Waals surface area (Å²) in [6.07, 6.45) is 2.19. The third-order valence-electron chi connectivity index (χ3n) is 6.60. The first-order valence-corrected chi connectivity index (χ1v) is 15.2. The molecule has 8 nitrogen and oxygen atoms in total. The molecule has 0 aromatic heterocycles. The largest absolute Gasteiger partial charge is 0.494 e. The minimum absolute atomic E-state index is 0.165. The van der Waals surface area contributed by atoms with E-state index < -0.39 is 34.3 Å². The van der Waals surface area contributed by atoms with Crippen molar-refractivity contribution in [2.24, 2.45) is 0 Å². The Kier molecular flexibility index (Phi) is 11.7. The van der Waals surface area contributed by atoms with Crippen molar-refractivity contribution in [2.75, 3.05) is 30.5 Å². The van der Waals surface area contributed by atoms with E-state index in [0.717, 1.165) is 47.0 Å². The van der Waals surface area contributed by atoms with Crippen LogP contribution >= 0.6 is 0 Å². The van der Waals surface area contributed by atoms with E-state index in [2.05, 4.69) is 5.32 Å². The van der Waals surface area contributed by atoms with E-state index >= 15 is 0 Å². The van der Waals surface area contributed by atoms with Crippen LogP contribution in [0.4, 0.5) is 10.1 Å². The van der Waals surface area contributed by atoms with Crippen LogP contribution in [0.25, 0.3) is 0 Å². The Morgan fingerprint density at radius 2 is 1.61 bits per heavy atom. The number of ether oxygens (including phenoxy) is 1. The molecule has 3 aromatic rings.